The highest BCUT2D eigenvalue weighted by molar-refractivity contribution is 6.10. The van der Waals surface area contributed by atoms with Gasteiger partial charge in [-0.1, -0.05) is 37.1 Å². The zero-order valence-corrected chi connectivity index (χ0v) is 18.8. The van der Waals surface area contributed by atoms with E-state index in [1.54, 1.807) is 34.1 Å². The second-order valence-corrected chi connectivity index (χ2v) is 9.51. The first-order valence-corrected chi connectivity index (χ1v) is 11.7. The predicted molar refractivity (Wildman–Crippen MR) is 122 cm³/mol. The lowest BCUT2D eigenvalue weighted by molar-refractivity contribution is -0.123. The zero-order chi connectivity index (χ0) is 23.2. The van der Waals surface area contributed by atoms with Crippen LogP contribution in [0.1, 0.15) is 67.8 Å². The van der Waals surface area contributed by atoms with E-state index in [-0.39, 0.29) is 36.5 Å². The SMILES string of the molecule is CC12CCC(=O)N1c1ccccc1C(=O)N2CCC(=O)NC1(c2ccc(F)cc2)CCCC1. The molecule has 0 spiro atoms. The second kappa shape index (κ2) is 7.97. The number of benzene rings is 2. The summed E-state index contributed by atoms with van der Waals surface area (Å²) in [5.74, 6) is -0.604. The summed E-state index contributed by atoms with van der Waals surface area (Å²) in [6.07, 6.45) is 4.64. The van der Waals surface area contributed by atoms with Gasteiger partial charge in [0.15, 0.2) is 0 Å². The van der Waals surface area contributed by atoms with Crippen molar-refractivity contribution in [1.29, 1.82) is 0 Å². The average molecular weight is 450 g/mol. The molecule has 6 nitrogen and oxygen atoms in total. The summed E-state index contributed by atoms with van der Waals surface area (Å²) in [7, 11) is 0. The maximum absolute atomic E-state index is 13.4. The Balaban J connectivity index is 1.35. The van der Waals surface area contributed by atoms with Crippen LogP contribution >= 0.6 is 0 Å². The van der Waals surface area contributed by atoms with Gasteiger partial charge in [-0.2, -0.15) is 0 Å². The molecule has 2 aromatic carbocycles. The maximum atomic E-state index is 13.4. The number of rotatable bonds is 5. The van der Waals surface area contributed by atoms with Crippen molar-refractivity contribution >= 4 is 23.4 Å². The average Bonchev–Trinajstić information content (AvgIpc) is 3.39. The summed E-state index contributed by atoms with van der Waals surface area (Å²) in [4.78, 5) is 42.6. The van der Waals surface area contributed by atoms with Crippen molar-refractivity contribution in [3.8, 4) is 0 Å². The molecule has 1 saturated heterocycles. The van der Waals surface area contributed by atoms with E-state index in [1.807, 2.05) is 19.1 Å². The Kier molecular flexibility index (Phi) is 5.22. The molecule has 1 atom stereocenters. The summed E-state index contributed by atoms with van der Waals surface area (Å²) in [6.45, 7) is 2.12. The normalized spacial score (nSPS) is 23.5. The molecule has 2 fully saturated rings. The summed E-state index contributed by atoms with van der Waals surface area (Å²) in [6, 6.07) is 13.5. The number of hydrogen-bond donors (Lipinski definition) is 1. The molecule has 2 aromatic rings. The van der Waals surface area contributed by atoms with Crippen LogP contribution in [-0.2, 0) is 15.1 Å². The van der Waals surface area contributed by atoms with Gasteiger partial charge in [0.05, 0.1) is 16.8 Å². The van der Waals surface area contributed by atoms with Gasteiger partial charge in [0.1, 0.15) is 11.5 Å². The first kappa shape index (κ1) is 21.6. The Morgan fingerprint density at radius 1 is 1.03 bits per heavy atom. The van der Waals surface area contributed by atoms with E-state index in [9.17, 15) is 18.8 Å². The molecule has 1 N–H and O–H groups in total. The first-order chi connectivity index (χ1) is 15.8. The van der Waals surface area contributed by atoms with Crippen LogP contribution in [0.25, 0.3) is 0 Å². The van der Waals surface area contributed by atoms with Crippen molar-refractivity contribution in [2.24, 2.45) is 0 Å². The Morgan fingerprint density at radius 2 is 1.73 bits per heavy atom. The molecule has 2 heterocycles. The zero-order valence-electron chi connectivity index (χ0n) is 18.8. The standard InChI is InChI=1S/C26H28FN3O3/c1-25-16-12-23(32)30(25)21-7-3-2-6-20(21)24(33)29(25)17-13-22(31)28-26(14-4-5-15-26)18-8-10-19(27)11-9-18/h2-3,6-11H,4-5,12-17H2,1H3,(H,28,31). The molecule has 172 valence electrons. The van der Waals surface area contributed by atoms with Gasteiger partial charge in [0, 0.05) is 19.4 Å². The van der Waals surface area contributed by atoms with E-state index in [1.165, 1.54) is 12.1 Å². The summed E-state index contributed by atoms with van der Waals surface area (Å²) < 4.78 is 13.4. The topological polar surface area (TPSA) is 69.7 Å². The van der Waals surface area contributed by atoms with Crippen LogP contribution < -0.4 is 10.2 Å². The van der Waals surface area contributed by atoms with Gasteiger partial charge in [0.2, 0.25) is 11.8 Å². The molecule has 5 rings (SSSR count). The van der Waals surface area contributed by atoms with Crippen LogP contribution in [-0.4, -0.2) is 34.8 Å². The first-order valence-electron chi connectivity index (χ1n) is 11.7. The minimum Gasteiger partial charge on any atom is -0.347 e. The van der Waals surface area contributed by atoms with E-state index in [0.717, 1.165) is 31.2 Å². The van der Waals surface area contributed by atoms with Gasteiger partial charge in [0.25, 0.3) is 5.91 Å². The van der Waals surface area contributed by atoms with E-state index >= 15 is 0 Å². The maximum Gasteiger partial charge on any atom is 0.257 e. The number of anilines is 1. The number of halogens is 1. The quantitative estimate of drug-likeness (QED) is 0.747. The molecule has 3 aliphatic rings. The highest BCUT2D eigenvalue weighted by atomic mass is 19.1. The third-order valence-electron chi connectivity index (χ3n) is 7.54. The lowest BCUT2D eigenvalue weighted by Gasteiger charge is -2.48. The van der Waals surface area contributed by atoms with Crippen LogP contribution in [0.2, 0.25) is 0 Å². The molecule has 0 bridgehead atoms. The Hall–Kier alpha value is -3.22. The van der Waals surface area contributed by atoms with E-state index in [0.29, 0.717) is 24.1 Å². The van der Waals surface area contributed by atoms with Crippen molar-refractivity contribution < 1.29 is 18.8 Å². The van der Waals surface area contributed by atoms with Crippen molar-refractivity contribution in [2.75, 3.05) is 11.4 Å². The Morgan fingerprint density at radius 3 is 2.45 bits per heavy atom. The third kappa shape index (κ3) is 3.50. The monoisotopic (exact) mass is 449 g/mol. The molecule has 7 heteroatoms. The number of carbonyl (C=O) groups is 3. The highest BCUT2D eigenvalue weighted by Gasteiger charge is 2.53. The van der Waals surface area contributed by atoms with Gasteiger partial charge in [-0.05, 0) is 56.0 Å². The number of amides is 3. The van der Waals surface area contributed by atoms with Gasteiger partial charge >= 0.3 is 0 Å². The minimum atomic E-state index is -0.773. The molecular formula is C26H28FN3O3. The van der Waals surface area contributed by atoms with Crippen molar-refractivity contribution in [3.05, 3.63) is 65.5 Å². The Bertz CT molecular complexity index is 1110. The molecule has 0 aromatic heterocycles. The number of para-hydroxylation sites is 1. The number of nitrogens with one attached hydrogen (secondary N) is 1. The van der Waals surface area contributed by atoms with Gasteiger partial charge < -0.3 is 10.2 Å². The number of fused-ring (bicyclic) bond motifs is 3. The van der Waals surface area contributed by atoms with Crippen molar-refractivity contribution in [3.63, 3.8) is 0 Å². The van der Waals surface area contributed by atoms with E-state index < -0.39 is 11.2 Å². The van der Waals surface area contributed by atoms with Crippen LogP contribution in [0.15, 0.2) is 48.5 Å². The second-order valence-electron chi connectivity index (χ2n) is 9.51. The minimum absolute atomic E-state index is 0.00637. The molecule has 33 heavy (non-hydrogen) atoms. The van der Waals surface area contributed by atoms with Crippen LogP contribution in [0.4, 0.5) is 10.1 Å². The number of hydrogen-bond acceptors (Lipinski definition) is 3. The molecule has 1 unspecified atom stereocenters. The largest absolute Gasteiger partial charge is 0.347 e. The summed E-state index contributed by atoms with van der Waals surface area (Å²) in [5, 5.41) is 3.20. The van der Waals surface area contributed by atoms with Crippen LogP contribution in [0, 0.1) is 5.82 Å². The third-order valence-corrected chi connectivity index (χ3v) is 7.54. The Labute approximate surface area is 192 Å². The molecule has 2 aliphatic heterocycles. The van der Waals surface area contributed by atoms with Crippen molar-refractivity contribution in [1.82, 2.24) is 10.2 Å². The smallest absolute Gasteiger partial charge is 0.257 e. The summed E-state index contributed by atoms with van der Waals surface area (Å²) in [5.41, 5.74) is 0.781. The lowest BCUT2D eigenvalue weighted by atomic mass is 9.88. The van der Waals surface area contributed by atoms with Crippen LogP contribution in [0.5, 0.6) is 0 Å². The summed E-state index contributed by atoms with van der Waals surface area (Å²) >= 11 is 0. The van der Waals surface area contributed by atoms with E-state index in [2.05, 4.69) is 5.32 Å². The molecule has 0 radical (unpaired) electrons. The van der Waals surface area contributed by atoms with Gasteiger partial charge in [-0.25, -0.2) is 4.39 Å². The molecule has 3 amide bonds. The van der Waals surface area contributed by atoms with Crippen molar-refractivity contribution in [2.45, 2.75) is 63.1 Å². The highest BCUT2D eigenvalue weighted by Crippen LogP contribution is 2.44. The predicted octanol–water partition coefficient (Wildman–Crippen LogP) is 4.10. The van der Waals surface area contributed by atoms with E-state index in [4.69, 9.17) is 0 Å². The fourth-order valence-electron chi connectivity index (χ4n) is 5.82. The molecule has 1 aliphatic carbocycles. The van der Waals surface area contributed by atoms with Crippen LogP contribution in [0.3, 0.4) is 0 Å². The van der Waals surface area contributed by atoms with Gasteiger partial charge in [-0.15, -0.1) is 0 Å². The number of nitrogens with zero attached hydrogens (tertiary/aromatic N) is 2. The number of carbonyl (C=O) groups excluding carboxylic acids is 3. The fourth-order valence-corrected chi connectivity index (χ4v) is 5.82. The fraction of sp³-hybridized carbons (Fsp3) is 0.423. The lowest BCUT2D eigenvalue weighted by Crippen LogP contribution is -2.62. The molecular weight excluding hydrogens is 421 g/mol. The molecule has 1 saturated carbocycles. The van der Waals surface area contributed by atoms with Gasteiger partial charge in [-0.3, -0.25) is 19.3 Å².